The molecule has 68 heavy (non-hydrogen) atoms. The molecule has 0 N–H and O–H groups in total. The van der Waals surface area contributed by atoms with E-state index < -0.39 is 0 Å². The minimum absolute atomic E-state index is 1.06. The van der Waals surface area contributed by atoms with Gasteiger partial charge in [0.25, 0.3) is 0 Å². The Morgan fingerprint density at radius 2 is 0.662 bits per heavy atom. The number of fused-ring (bicyclic) bond motifs is 3. The highest BCUT2D eigenvalue weighted by Crippen LogP contribution is 2.48. The van der Waals surface area contributed by atoms with Gasteiger partial charge in [-0.15, -0.1) is 0 Å². The molecule has 0 saturated heterocycles. The fourth-order valence-electron chi connectivity index (χ4n) is 10.2. The van der Waals surface area contributed by atoms with E-state index in [1.807, 2.05) is 0 Å². The van der Waals surface area contributed by atoms with Gasteiger partial charge in [0.05, 0.1) is 22.4 Å². The van der Waals surface area contributed by atoms with Crippen molar-refractivity contribution in [1.29, 1.82) is 0 Å². The molecule has 2 nitrogen and oxygen atoms in total. The van der Waals surface area contributed by atoms with Crippen molar-refractivity contribution in [1.82, 2.24) is 4.57 Å². The Labute approximate surface area is 397 Å². The van der Waals surface area contributed by atoms with Gasteiger partial charge in [0.15, 0.2) is 0 Å². The van der Waals surface area contributed by atoms with Gasteiger partial charge in [-0.1, -0.05) is 231 Å². The number of hydrogen-bond acceptors (Lipinski definition) is 1. The molecular weight excluding hydrogens is 821 g/mol. The normalized spacial score (nSPS) is 11.2. The van der Waals surface area contributed by atoms with Crippen LogP contribution in [0.15, 0.2) is 279 Å². The smallest absolute Gasteiger partial charge is 0.0562 e. The summed E-state index contributed by atoms with van der Waals surface area (Å²) in [5.41, 5.74) is 20.8. The van der Waals surface area contributed by atoms with Crippen molar-refractivity contribution in [3.05, 3.63) is 279 Å². The van der Waals surface area contributed by atoms with Crippen LogP contribution in [0.5, 0.6) is 0 Å². The maximum absolute atomic E-state index is 2.48. The average Bonchev–Trinajstić information content (AvgIpc) is 3.75. The first-order chi connectivity index (χ1) is 33.8. The minimum Gasteiger partial charge on any atom is -0.310 e. The Kier molecular flexibility index (Phi) is 10.6. The summed E-state index contributed by atoms with van der Waals surface area (Å²) in [7, 11) is 0. The largest absolute Gasteiger partial charge is 0.310 e. The van der Waals surface area contributed by atoms with Crippen molar-refractivity contribution in [3.8, 4) is 72.4 Å². The minimum atomic E-state index is 1.06. The standard InChI is InChI=1S/C66H46N2/c1-5-23-47(24-6-1)53-31-13-14-34-56(53)50-41-44-65(62(45-50)58-36-18-16-33-55(58)49-27-9-3-10-28-49)67(51-29-11-4-12-30-51)52-42-43-61-60-38-20-22-40-64(60)68(66(61)46-52)63-39-21-19-37-59(63)57-35-17-15-32-54(57)48-25-7-2-8-26-48/h1-46H. The van der Waals surface area contributed by atoms with Crippen molar-refractivity contribution in [3.63, 3.8) is 0 Å². The number of aromatic nitrogens is 1. The van der Waals surface area contributed by atoms with E-state index in [1.165, 1.54) is 60.8 Å². The number of hydrogen-bond donors (Lipinski definition) is 0. The second-order valence-electron chi connectivity index (χ2n) is 17.2. The average molecular weight is 867 g/mol. The molecule has 0 amide bonds. The quantitative estimate of drug-likeness (QED) is 0.133. The van der Waals surface area contributed by atoms with Crippen LogP contribution < -0.4 is 4.90 Å². The fourth-order valence-corrected chi connectivity index (χ4v) is 10.2. The third kappa shape index (κ3) is 7.35. The van der Waals surface area contributed by atoms with Gasteiger partial charge in [-0.25, -0.2) is 0 Å². The lowest BCUT2D eigenvalue weighted by molar-refractivity contribution is 1.18. The van der Waals surface area contributed by atoms with Gasteiger partial charge in [-0.2, -0.15) is 0 Å². The molecule has 320 valence electrons. The van der Waals surface area contributed by atoms with Crippen molar-refractivity contribution >= 4 is 38.9 Å². The highest BCUT2D eigenvalue weighted by atomic mass is 15.1. The highest BCUT2D eigenvalue weighted by Gasteiger charge is 2.24. The lowest BCUT2D eigenvalue weighted by Crippen LogP contribution is -2.11. The van der Waals surface area contributed by atoms with Gasteiger partial charge in [0.1, 0.15) is 0 Å². The van der Waals surface area contributed by atoms with E-state index in [2.05, 4.69) is 289 Å². The molecule has 0 fully saturated rings. The summed E-state index contributed by atoms with van der Waals surface area (Å²) in [6.45, 7) is 0. The summed E-state index contributed by atoms with van der Waals surface area (Å²) < 4.78 is 2.48. The zero-order chi connectivity index (χ0) is 45.2. The molecule has 0 radical (unpaired) electrons. The van der Waals surface area contributed by atoms with Crippen LogP contribution in [0.3, 0.4) is 0 Å². The molecular formula is C66H46N2. The van der Waals surface area contributed by atoms with Gasteiger partial charge in [0, 0.05) is 33.3 Å². The first kappa shape index (κ1) is 40.5. The molecule has 0 unspecified atom stereocenters. The lowest BCUT2D eigenvalue weighted by atomic mass is 9.89. The number of nitrogens with zero attached hydrogens (tertiary/aromatic N) is 2. The summed E-state index contributed by atoms with van der Waals surface area (Å²) in [5.74, 6) is 0. The predicted octanol–water partition coefficient (Wildman–Crippen LogP) is 18.3. The van der Waals surface area contributed by atoms with Gasteiger partial charge in [0.2, 0.25) is 0 Å². The van der Waals surface area contributed by atoms with Crippen LogP contribution in [0.1, 0.15) is 0 Å². The van der Waals surface area contributed by atoms with Crippen LogP contribution in [0, 0.1) is 0 Å². The van der Waals surface area contributed by atoms with Crippen molar-refractivity contribution in [2.24, 2.45) is 0 Å². The zero-order valence-corrected chi connectivity index (χ0v) is 37.5. The van der Waals surface area contributed by atoms with Gasteiger partial charge >= 0.3 is 0 Å². The molecule has 0 aliphatic carbocycles. The Bertz CT molecular complexity index is 3720. The van der Waals surface area contributed by atoms with E-state index in [9.17, 15) is 0 Å². The summed E-state index contributed by atoms with van der Waals surface area (Å²) in [4.78, 5) is 2.45. The van der Waals surface area contributed by atoms with Gasteiger partial charge < -0.3 is 9.47 Å². The molecule has 12 rings (SSSR count). The van der Waals surface area contributed by atoms with Crippen LogP contribution in [0.25, 0.3) is 94.3 Å². The van der Waals surface area contributed by atoms with Crippen LogP contribution in [-0.2, 0) is 0 Å². The second kappa shape index (κ2) is 17.8. The number of anilines is 3. The Hall–Kier alpha value is -8.98. The predicted molar refractivity (Wildman–Crippen MR) is 288 cm³/mol. The third-order valence-corrected chi connectivity index (χ3v) is 13.2. The molecule has 12 aromatic rings. The molecule has 0 spiro atoms. The van der Waals surface area contributed by atoms with Crippen LogP contribution in [0.4, 0.5) is 17.1 Å². The molecule has 1 aromatic heterocycles. The molecule has 11 aromatic carbocycles. The summed E-state index contributed by atoms with van der Waals surface area (Å²) in [5, 5.41) is 2.41. The summed E-state index contributed by atoms with van der Waals surface area (Å²) >= 11 is 0. The van der Waals surface area contributed by atoms with Crippen molar-refractivity contribution in [2.75, 3.05) is 4.90 Å². The van der Waals surface area contributed by atoms with E-state index in [0.717, 1.165) is 50.5 Å². The van der Waals surface area contributed by atoms with Crippen LogP contribution in [-0.4, -0.2) is 4.57 Å². The van der Waals surface area contributed by atoms with E-state index in [-0.39, 0.29) is 0 Å². The highest BCUT2D eigenvalue weighted by molar-refractivity contribution is 6.11. The lowest BCUT2D eigenvalue weighted by Gasteiger charge is -2.29. The van der Waals surface area contributed by atoms with Crippen LogP contribution >= 0.6 is 0 Å². The monoisotopic (exact) mass is 866 g/mol. The van der Waals surface area contributed by atoms with Crippen LogP contribution in [0.2, 0.25) is 0 Å². The Morgan fingerprint density at radius 3 is 1.25 bits per heavy atom. The summed E-state index contributed by atoms with van der Waals surface area (Å²) in [6.07, 6.45) is 0. The van der Waals surface area contributed by atoms with E-state index >= 15 is 0 Å². The third-order valence-electron chi connectivity index (χ3n) is 13.2. The van der Waals surface area contributed by atoms with Gasteiger partial charge in [-0.3, -0.25) is 0 Å². The first-order valence-corrected chi connectivity index (χ1v) is 23.3. The molecule has 0 bridgehead atoms. The SMILES string of the molecule is c1ccc(-c2ccccc2-c2ccc(N(c3ccccc3)c3ccc4c5ccccc5n(-c5ccccc5-c5ccccc5-c5ccccc5)c4c3)c(-c3ccccc3-c3ccccc3)c2)cc1. The summed E-state index contributed by atoms with van der Waals surface area (Å²) in [6, 6.07) is 101. The second-order valence-corrected chi connectivity index (χ2v) is 17.2. The fraction of sp³-hybridized carbons (Fsp3) is 0. The van der Waals surface area contributed by atoms with E-state index in [1.54, 1.807) is 0 Å². The van der Waals surface area contributed by atoms with Gasteiger partial charge in [-0.05, 0) is 104 Å². The topological polar surface area (TPSA) is 8.17 Å². The Morgan fingerprint density at radius 1 is 0.235 bits per heavy atom. The molecule has 0 saturated carbocycles. The molecule has 0 aliphatic rings. The molecule has 1 heterocycles. The maximum Gasteiger partial charge on any atom is 0.0562 e. The van der Waals surface area contributed by atoms with E-state index in [0.29, 0.717) is 0 Å². The zero-order valence-electron chi connectivity index (χ0n) is 37.5. The number of benzene rings is 11. The van der Waals surface area contributed by atoms with E-state index in [4.69, 9.17) is 0 Å². The van der Waals surface area contributed by atoms with Crippen molar-refractivity contribution in [2.45, 2.75) is 0 Å². The molecule has 0 aliphatic heterocycles. The molecule has 0 atom stereocenters. The number of rotatable bonds is 10. The first-order valence-electron chi connectivity index (χ1n) is 23.3. The van der Waals surface area contributed by atoms with Crippen molar-refractivity contribution < 1.29 is 0 Å². The maximum atomic E-state index is 2.48. The number of para-hydroxylation sites is 3. The molecule has 2 heteroatoms. The Balaban J connectivity index is 1.11.